The predicted molar refractivity (Wildman–Crippen MR) is 52.6 cm³/mol. The molecule has 0 spiro atoms. The van der Waals surface area contributed by atoms with Gasteiger partial charge in [-0.15, -0.1) is 0 Å². The van der Waals surface area contributed by atoms with Gasteiger partial charge in [-0.1, -0.05) is 22.0 Å². The number of ether oxygens (including phenoxy) is 1. The lowest BCUT2D eigenvalue weighted by Crippen LogP contribution is -1.83. The van der Waals surface area contributed by atoms with E-state index in [0.717, 1.165) is 5.56 Å². The van der Waals surface area contributed by atoms with E-state index in [1.54, 1.807) is 17.1 Å². The van der Waals surface area contributed by atoms with Crippen molar-refractivity contribution in [2.75, 3.05) is 7.11 Å². The minimum absolute atomic E-state index is 0.153. The fourth-order valence-corrected chi connectivity index (χ4v) is 1.19. The topological polar surface area (TPSA) is 29.5 Å². The Morgan fingerprint density at radius 1 is 1.50 bits per heavy atom. The van der Waals surface area contributed by atoms with Gasteiger partial charge in [-0.2, -0.15) is 0 Å². The zero-order valence-corrected chi connectivity index (χ0v) is 8.21. The lowest BCUT2D eigenvalue weighted by atomic mass is 10.2. The largest absolute Gasteiger partial charge is 0.504 e. The standard InChI is InChI=1S/C9H9BrO2/c1-12-9-3-2-7(4-5-10)6-8(9)11/h2-6,11H,1H3/b5-4+. The monoisotopic (exact) mass is 228 g/mol. The molecular formula is C9H9BrO2. The van der Waals surface area contributed by atoms with Crippen molar-refractivity contribution in [1.82, 2.24) is 0 Å². The minimum Gasteiger partial charge on any atom is -0.504 e. The molecule has 1 aromatic rings. The molecule has 0 saturated heterocycles. The minimum atomic E-state index is 0.153. The molecule has 0 fully saturated rings. The van der Waals surface area contributed by atoms with Crippen LogP contribution in [0.4, 0.5) is 0 Å². The Bertz CT molecular complexity index is 295. The van der Waals surface area contributed by atoms with Crippen LogP contribution in [0, 0.1) is 0 Å². The highest BCUT2D eigenvalue weighted by Crippen LogP contribution is 2.26. The number of phenolic OH excluding ortho intramolecular Hbond substituents is 1. The molecule has 0 amide bonds. The maximum Gasteiger partial charge on any atom is 0.160 e. The zero-order valence-electron chi connectivity index (χ0n) is 6.62. The van der Waals surface area contributed by atoms with Crippen molar-refractivity contribution in [3.05, 3.63) is 28.7 Å². The summed E-state index contributed by atoms with van der Waals surface area (Å²) in [5.41, 5.74) is 0.921. The van der Waals surface area contributed by atoms with Gasteiger partial charge in [0.15, 0.2) is 11.5 Å². The lowest BCUT2D eigenvalue weighted by Gasteiger charge is -2.02. The van der Waals surface area contributed by atoms with Gasteiger partial charge >= 0.3 is 0 Å². The summed E-state index contributed by atoms with van der Waals surface area (Å²) in [5, 5.41) is 9.34. The van der Waals surface area contributed by atoms with Gasteiger partial charge in [0.25, 0.3) is 0 Å². The van der Waals surface area contributed by atoms with E-state index in [2.05, 4.69) is 15.9 Å². The van der Waals surface area contributed by atoms with Crippen LogP contribution in [0.25, 0.3) is 6.08 Å². The smallest absolute Gasteiger partial charge is 0.160 e. The number of halogens is 1. The maximum atomic E-state index is 9.34. The SMILES string of the molecule is COc1ccc(/C=C/Br)cc1O. The molecule has 0 saturated carbocycles. The molecule has 1 rings (SSSR count). The van der Waals surface area contributed by atoms with Crippen LogP contribution in [-0.2, 0) is 0 Å². The number of benzene rings is 1. The Morgan fingerprint density at radius 3 is 2.75 bits per heavy atom. The number of aromatic hydroxyl groups is 1. The average Bonchev–Trinajstić information content (AvgIpc) is 2.05. The highest BCUT2D eigenvalue weighted by molar-refractivity contribution is 9.11. The van der Waals surface area contributed by atoms with Gasteiger partial charge in [0.2, 0.25) is 0 Å². The second-order valence-electron chi connectivity index (χ2n) is 2.22. The lowest BCUT2D eigenvalue weighted by molar-refractivity contribution is 0.373. The summed E-state index contributed by atoms with van der Waals surface area (Å²) in [4.78, 5) is 1.73. The van der Waals surface area contributed by atoms with E-state index < -0.39 is 0 Å². The Kier molecular flexibility index (Phi) is 3.17. The molecule has 2 nitrogen and oxygen atoms in total. The van der Waals surface area contributed by atoms with Crippen molar-refractivity contribution < 1.29 is 9.84 Å². The van der Waals surface area contributed by atoms with Gasteiger partial charge in [-0.05, 0) is 28.8 Å². The third-order valence-corrected chi connectivity index (χ3v) is 1.72. The summed E-state index contributed by atoms with van der Waals surface area (Å²) in [6.07, 6.45) is 1.83. The highest BCUT2D eigenvalue weighted by Gasteiger charge is 1.99. The average molecular weight is 229 g/mol. The molecule has 0 aliphatic carbocycles. The number of hydrogen-bond donors (Lipinski definition) is 1. The first-order valence-electron chi connectivity index (χ1n) is 3.41. The second kappa shape index (κ2) is 4.16. The van der Waals surface area contributed by atoms with Crippen LogP contribution in [0.15, 0.2) is 23.2 Å². The van der Waals surface area contributed by atoms with Crippen molar-refractivity contribution >= 4 is 22.0 Å². The molecule has 0 heterocycles. The first-order chi connectivity index (χ1) is 5.77. The van der Waals surface area contributed by atoms with Crippen molar-refractivity contribution in [3.63, 3.8) is 0 Å². The Balaban J connectivity index is 3.01. The van der Waals surface area contributed by atoms with E-state index in [1.807, 2.05) is 12.1 Å². The summed E-state index contributed by atoms with van der Waals surface area (Å²) >= 11 is 3.15. The number of methoxy groups -OCH3 is 1. The summed E-state index contributed by atoms with van der Waals surface area (Å²) in [6.45, 7) is 0. The van der Waals surface area contributed by atoms with Crippen LogP contribution in [-0.4, -0.2) is 12.2 Å². The van der Waals surface area contributed by atoms with Crippen molar-refractivity contribution in [1.29, 1.82) is 0 Å². The third kappa shape index (κ3) is 2.01. The van der Waals surface area contributed by atoms with Crippen LogP contribution in [0.1, 0.15) is 5.56 Å². The summed E-state index contributed by atoms with van der Waals surface area (Å²) in [6, 6.07) is 5.21. The molecule has 3 heteroatoms. The zero-order chi connectivity index (χ0) is 8.97. The van der Waals surface area contributed by atoms with E-state index in [9.17, 15) is 5.11 Å². The molecule has 0 unspecified atom stereocenters. The van der Waals surface area contributed by atoms with Crippen molar-refractivity contribution in [3.8, 4) is 11.5 Å². The molecule has 0 aliphatic heterocycles. The Morgan fingerprint density at radius 2 is 2.25 bits per heavy atom. The van der Waals surface area contributed by atoms with E-state index in [-0.39, 0.29) is 5.75 Å². The third-order valence-electron chi connectivity index (χ3n) is 1.46. The predicted octanol–water partition coefficient (Wildman–Crippen LogP) is 2.77. The molecule has 64 valence electrons. The fourth-order valence-electron chi connectivity index (χ4n) is 0.883. The quantitative estimate of drug-likeness (QED) is 0.844. The fraction of sp³-hybridized carbons (Fsp3) is 0.111. The number of rotatable bonds is 2. The number of hydrogen-bond acceptors (Lipinski definition) is 2. The van der Waals surface area contributed by atoms with Gasteiger partial charge in [-0.25, -0.2) is 0 Å². The Hall–Kier alpha value is -0.960. The van der Waals surface area contributed by atoms with Crippen molar-refractivity contribution in [2.45, 2.75) is 0 Å². The molecule has 0 aromatic heterocycles. The second-order valence-corrected chi connectivity index (χ2v) is 2.75. The van der Waals surface area contributed by atoms with Gasteiger partial charge in [0, 0.05) is 0 Å². The molecule has 0 aliphatic rings. The van der Waals surface area contributed by atoms with Crippen LogP contribution in [0.2, 0.25) is 0 Å². The molecule has 1 aromatic carbocycles. The maximum absolute atomic E-state index is 9.34. The molecule has 0 atom stereocenters. The van der Waals surface area contributed by atoms with E-state index in [4.69, 9.17) is 4.74 Å². The summed E-state index contributed by atoms with van der Waals surface area (Å²) in [5.74, 6) is 0.641. The first kappa shape index (κ1) is 9.13. The first-order valence-corrected chi connectivity index (χ1v) is 4.33. The molecule has 12 heavy (non-hydrogen) atoms. The van der Waals surface area contributed by atoms with E-state index in [0.29, 0.717) is 5.75 Å². The molecule has 0 radical (unpaired) electrons. The summed E-state index contributed by atoms with van der Waals surface area (Å²) < 4.78 is 4.89. The van der Waals surface area contributed by atoms with Crippen LogP contribution in [0.3, 0.4) is 0 Å². The van der Waals surface area contributed by atoms with Gasteiger partial charge in [0.1, 0.15) is 0 Å². The van der Waals surface area contributed by atoms with E-state index >= 15 is 0 Å². The van der Waals surface area contributed by atoms with Crippen molar-refractivity contribution in [2.24, 2.45) is 0 Å². The highest BCUT2D eigenvalue weighted by atomic mass is 79.9. The Labute approximate surface area is 79.6 Å². The molecule has 1 N–H and O–H groups in total. The van der Waals surface area contributed by atoms with Crippen LogP contribution in [0.5, 0.6) is 11.5 Å². The van der Waals surface area contributed by atoms with Gasteiger partial charge in [0.05, 0.1) is 7.11 Å². The van der Waals surface area contributed by atoms with Gasteiger partial charge < -0.3 is 9.84 Å². The molecular weight excluding hydrogens is 220 g/mol. The van der Waals surface area contributed by atoms with Crippen LogP contribution >= 0.6 is 15.9 Å². The van der Waals surface area contributed by atoms with Crippen LogP contribution < -0.4 is 4.74 Å². The molecule has 0 bridgehead atoms. The summed E-state index contributed by atoms with van der Waals surface area (Å²) in [7, 11) is 1.52. The normalized spacial score (nSPS) is 10.5. The van der Waals surface area contributed by atoms with Gasteiger partial charge in [-0.3, -0.25) is 0 Å². The number of phenols is 1. The van der Waals surface area contributed by atoms with E-state index in [1.165, 1.54) is 7.11 Å².